The average Bonchev–Trinajstić information content (AvgIpc) is 2.91. The number of carbonyl (C=O) groups excluding carboxylic acids is 3. The summed E-state index contributed by atoms with van der Waals surface area (Å²) in [6, 6.07) is 12.7. The molecule has 9 heteroatoms. The number of imide groups is 1. The zero-order valence-corrected chi connectivity index (χ0v) is 15.4. The summed E-state index contributed by atoms with van der Waals surface area (Å²) in [5.41, 5.74) is -0.600. The number of anilines is 1. The third-order valence-electron chi connectivity index (χ3n) is 4.42. The normalized spacial score (nSPS) is 18.2. The van der Waals surface area contributed by atoms with Crippen LogP contribution in [0.15, 0.2) is 48.5 Å². The number of amides is 4. The van der Waals surface area contributed by atoms with Gasteiger partial charge in [-0.05, 0) is 36.8 Å². The quantitative estimate of drug-likeness (QED) is 0.727. The molecule has 1 saturated heterocycles. The molecule has 0 saturated carbocycles. The number of urea groups is 1. The highest BCUT2D eigenvalue weighted by Crippen LogP contribution is 2.29. The summed E-state index contributed by atoms with van der Waals surface area (Å²) in [6.45, 7) is 0.862. The van der Waals surface area contributed by atoms with Gasteiger partial charge >= 0.3 is 6.03 Å². The Balaban J connectivity index is 1.69. The van der Waals surface area contributed by atoms with Crippen molar-refractivity contribution < 1.29 is 23.5 Å². The average molecular weight is 396 g/mol. The van der Waals surface area contributed by atoms with Crippen LogP contribution in [-0.4, -0.2) is 35.9 Å². The van der Waals surface area contributed by atoms with E-state index in [1.807, 2.05) is 6.07 Å². The molecule has 2 aromatic carbocycles. The second-order valence-corrected chi connectivity index (χ2v) is 6.48. The van der Waals surface area contributed by atoms with Crippen molar-refractivity contribution >= 4 is 23.5 Å². The molecule has 1 heterocycles. The van der Waals surface area contributed by atoms with Gasteiger partial charge in [-0.25, -0.2) is 9.18 Å². The van der Waals surface area contributed by atoms with Gasteiger partial charge in [-0.15, -0.1) is 0 Å². The SMILES string of the molecule is CC1(c2ccc(F)cc2)NC(=O)N(CC(=O)Nc2cccc(OCC#N)c2)C1=O. The van der Waals surface area contributed by atoms with Crippen molar-refractivity contribution in [2.45, 2.75) is 12.5 Å². The molecular formula is C20H17FN4O4. The second kappa shape index (κ2) is 7.98. The van der Waals surface area contributed by atoms with E-state index in [-0.39, 0.29) is 6.61 Å². The number of halogens is 1. The van der Waals surface area contributed by atoms with Crippen molar-refractivity contribution in [3.8, 4) is 11.8 Å². The molecule has 1 unspecified atom stereocenters. The highest BCUT2D eigenvalue weighted by atomic mass is 19.1. The standard InChI is InChI=1S/C20H17FN4O4/c1-20(13-5-7-14(21)8-6-13)18(27)25(19(28)24-20)12-17(26)23-15-3-2-4-16(11-15)29-10-9-22/h2-8,11H,10,12H2,1H3,(H,23,26)(H,24,28). The van der Waals surface area contributed by atoms with Crippen molar-refractivity contribution in [1.29, 1.82) is 5.26 Å². The minimum atomic E-state index is -1.39. The fourth-order valence-electron chi connectivity index (χ4n) is 2.94. The van der Waals surface area contributed by atoms with E-state index in [4.69, 9.17) is 10.00 Å². The number of nitrogens with zero attached hydrogens (tertiary/aromatic N) is 2. The van der Waals surface area contributed by atoms with Crippen LogP contribution in [0.25, 0.3) is 0 Å². The lowest BCUT2D eigenvalue weighted by Gasteiger charge is -2.22. The predicted molar refractivity (Wildman–Crippen MR) is 100 cm³/mol. The van der Waals surface area contributed by atoms with Crippen molar-refractivity contribution in [2.24, 2.45) is 0 Å². The Bertz CT molecular complexity index is 1000. The first kappa shape index (κ1) is 19.8. The van der Waals surface area contributed by atoms with Crippen LogP contribution in [-0.2, 0) is 15.1 Å². The smallest absolute Gasteiger partial charge is 0.325 e. The lowest BCUT2D eigenvalue weighted by molar-refractivity contribution is -0.133. The molecule has 2 aromatic rings. The first-order valence-corrected chi connectivity index (χ1v) is 8.63. The summed E-state index contributed by atoms with van der Waals surface area (Å²) in [6.07, 6.45) is 0. The minimum Gasteiger partial charge on any atom is -0.479 e. The Labute approximate surface area is 165 Å². The number of benzene rings is 2. The van der Waals surface area contributed by atoms with Gasteiger partial charge in [0.25, 0.3) is 5.91 Å². The van der Waals surface area contributed by atoms with Crippen LogP contribution in [0.3, 0.4) is 0 Å². The maximum Gasteiger partial charge on any atom is 0.325 e. The molecule has 2 N–H and O–H groups in total. The van der Waals surface area contributed by atoms with Gasteiger partial charge in [-0.1, -0.05) is 18.2 Å². The lowest BCUT2D eigenvalue weighted by atomic mass is 9.92. The van der Waals surface area contributed by atoms with Crippen molar-refractivity contribution in [1.82, 2.24) is 10.2 Å². The van der Waals surface area contributed by atoms with E-state index in [0.717, 1.165) is 4.90 Å². The molecule has 0 bridgehead atoms. The Kier molecular flexibility index (Phi) is 5.45. The zero-order chi connectivity index (χ0) is 21.0. The summed E-state index contributed by atoms with van der Waals surface area (Å²) < 4.78 is 18.3. The van der Waals surface area contributed by atoms with Gasteiger partial charge in [-0.3, -0.25) is 14.5 Å². The number of hydrogen-bond donors (Lipinski definition) is 2. The van der Waals surface area contributed by atoms with Crippen LogP contribution in [0.4, 0.5) is 14.9 Å². The van der Waals surface area contributed by atoms with Gasteiger partial charge < -0.3 is 15.4 Å². The van der Waals surface area contributed by atoms with E-state index in [0.29, 0.717) is 17.0 Å². The first-order valence-electron chi connectivity index (χ1n) is 8.63. The van der Waals surface area contributed by atoms with Crippen LogP contribution in [0, 0.1) is 17.1 Å². The molecule has 29 heavy (non-hydrogen) atoms. The van der Waals surface area contributed by atoms with Crippen molar-refractivity contribution in [3.05, 3.63) is 59.9 Å². The van der Waals surface area contributed by atoms with Crippen LogP contribution >= 0.6 is 0 Å². The molecule has 1 fully saturated rings. The van der Waals surface area contributed by atoms with Crippen LogP contribution in [0.2, 0.25) is 0 Å². The number of hydrogen-bond acceptors (Lipinski definition) is 5. The van der Waals surface area contributed by atoms with Gasteiger partial charge in [0.05, 0.1) is 0 Å². The van der Waals surface area contributed by atoms with E-state index in [1.54, 1.807) is 18.2 Å². The van der Waals surface area contributed by atoms with Gasteiger partial charge in [0, 0.05) is 11.8 Å². The Morgan fingerprint density at radius 1 is 1.28 bits per heavy atom. The van der Waals surface area contributed by atoms with Gasteiger partial charge in [0.2, 0.25) is 5.91 Å². The predicted octanol–water partition coefficient (Wildman–Crippen LogP) is 2.13. The van der Waals surface area contributed by atoms with E-state index in [2.05, 4.69) is 10.6 Å². The fourth-order valence-corrected chi connectivity index (χ4v) is 2.94. The third-order valence-corrected chi connectivity index (χ3v) is 4.42. The molecule has 1 aliphatic heterocycles. The number of rotatable bonds is 6. The van der Waals surface area contributed by atoms with E-state index in [1.165, 1.54) is 37.3 Å². The fraction of sp³-hybridized carbons (Fsp3) is 0.200. The summed E-state index contributed by atoms with van der Waals surface area (Å²) in [5.74, 6) is -1.28. The Morgan fingerprint density at radius 2 is 2.00 bits per heavy atom. The first-order chi connectivity index (χ1) is 13.8. The molecule has 148 valence electrons. The molecule has 3 rings (SSSR count). The maximum absolute atomic E-state index is 13.2. The molecule has 0 aliphatic carbocycles. The van der Waals surface area contributed by atoms with Gasteiger partial charge in [0.1, 0.15) is 29.7 Å². The third kappa shape index (κ3) is 4.16. The lowest BCUT2D eigenvalue weighted by Crippen LogP contribution is -2.42. The molecule has 1 atom stereocenters. The molecule has 0 radical (unpaired) electrons. The number of carbonyl (C=O) groups is 3. The van der Waals surface area contributed by atoms with E-state index < -0.39 is 35.7 Å². The molecule has 4 amide bonds. The van der Waals surface area contributed by atoms with Crippen molar-refractivity contribution in [3.63, 3.8) is 0 Å². The molecular weight excluding hydrogens is 379 g/mol. The Morgan fingerprint density at radius 3 is 2.69 bits per heavy atom. The van der Waals surface area contributed by atoms with Crippen LogP contribution in [0.1, 0.15) is 12.5 Å². The molecule has 0 spiro atoms. The summed E-state index contributed by atoms with van der Waals surface area (Å²) in [7, 11) is 0. The highest BCUT2D eigenvalue weighted by molar-refractivity contribution is 6.10. The largest absolute Gasteiger partial charge is 0.479 e. The highest BCUT2D eigenvalue weighted by Gasteiger charge is 2.49. The second-order valence-electron chi connectivity index (χ2n) is 6.48. The van der Waals surface area contributed by atoms with E-state index >= 15 is 0 Å². The van der Waals surface area contributed by atoms with E-state index in [9.17, 15) is 18.8 Å². The zero-order valence-electron chi connectivity index (χ0n) is 15.4. The van der Waals surface area contributed by atoms with Crippen molar-refractivity contribution in [2.75, 3.05) is 18.5 Å². The number of nitriles is 1. The molecule has 0 aromatic heterocycles. The van der Waals surface area contributed by atoms with Gasteiger partial charge in [0.15, 0.2) is 6.61 Å². The number of nitrogens with one attached hydrogen (secondary N) is 2. The monoisotopic (exact) mass is 396 g/mol. The maximum atomic E-state index is 13.2. The van der Waals surface area contributed by atoms with Crippen LogP contribution in [0.5, 0.6) is 5.75 Å². The molecule has 8 nitrogen and oxygen atoms in total. The number of ether oxygens (including phenoxy) is 1. The minimum absolute atomic E-state index is 0.137. The topological polar surface area (TPSA) is 112 Å². The molecule has 1 aliphatic rings. The summed E-state index contributed by atoms with van der Waals surface area (Å²) >= 11 is 0. The van der Waals surface area contributed by atoms with Gasteiger partial charge in [-0.2, -0.15) is 5.26 Å². The summed E-state index contributed by atoms with van der Waals surface area (Å²) in [5, 5.41) is 13.7. The van der Waals surface area contributed by atoms with Crippen LogP contribution < -0.4 is 15.4 Å². The summed E-state index contributed by atoms with van der Waals surface area (Å²) in [4.78, 5) is 38.2. The Hall–Kier alpha value is -3.93.